The number of methoxy groups -OCH3 is 1. The summed E-state index contributed by atoms with van der Waals surface area (Å²) in [7, 11) is 1.69. The Morgan fingerprint density at radius 3 is 2.70 bits per heavy atom. The first-order valence-electron chi connectivity index (χ1n) is 6.79. The topological polar surface area (TPSA) is 43.3 Å². The zero-order valence-electron chi connectivity index (χ0n) is 11.7. The van der Waals surface area contributed by atoms with Crippen LogP contribution >= 0.6 is 0 Å². The Balaban J connectivity index is 1.74. The van der Waals surface area contributed by atoms with Gasteiger partial charge in [0.2, 0.25) is 0 Å². The van der Waals surface area contributed by atoms with Crippen LogP contribution in [0.4, 0.5) is 0 Å². The maximum Gasteiger partial charge on any atom is 0.250 e. The van der Waals surface area contributed by atoms with E-state index in [1.807, 2.05) is 30.5 Å². The molecule has 1 N–H and O–H groups in total. The molecule has 20 heavy (non-hydrogen) atoms. The standard InChI is InChI=1S/C16H20N2O2/c1-20-15-7-3-2-6-14(15)9-10-17-11-13-18-12-5-4-8-16(18)19/h2-8,12,17H,9-11,13H2,1H3. The number of nitrogens with zero attached hydrogens (tertiary/aromatic N) is 1. The third-order valence-corrected chi connectivity index (χ3v) is 3.19. The van der Waals surface area contributed by atoms with Crippen LogP contribution in [0.1, 0.15) is 5.56 Å². The van der Waals surface area contributed by atoms with Gasteiger partial charge in [-0.15, -0.1) is 0 Å². The Kier molecular flexibility index (Phi) is 5.38. The second-order valence-electron chi connectivity index (χ2n) is 4.54. The molecule has 0 saturated heterocycles. The maximum atomic E-state index is 11.5. The Morgan fingerprint density at radius 1 is 1.10 bits per heavy atom. The van der Waals surface area contributed by atoms with E-state index in [1.165, 1.54) is 5.56 Å². The SMILES string of the molecule is COc1ccccc1CCNCCn1ccccc1=O. The van der Waals surface area contributed by atoms with E-state index in [0.717, 1.165) is 25.3 Å². The van der Waals surface area contributed by atoms with Crippen molar-refractivity contribution >= 4 is 0 Å². The molecule has 0 fully saturated rings. The van der Waals surface area contributed by atoms with Crippen LogP contribution in [0.5, 0.6) is 5.75 Å². The monoisotopic (exact) mass is 272 g/mol. The molecule has 0 amide bonds. The molecule has 0 saturated carbocycles. The lowest BCUT2D eigenvalue weighted by Crippen LogP contribution is -2.27. The number of rotatable bonds is 7. The van der Waals surface area contributed by atoms with Gasteiger partial charge in [-0.3, -0.25) is 4.79 Å². The van der Waals surface area contributed by atoms with Crippen LogP contribution in [0.2, 0.25) is 0 Å². The van der Waals surface area contributed by atoms with Crippen molar-refractivity contribution in [2.45, 2.75) is 13.0 Å². The van der Waals surface area contributed by atoms with E-state index in [1.54, 1.807) is 23.8 Å². The summed E-state index contributed by atoms with van der Waals surface area (Å²) >= 11 is 0. The van der Waals surface area contributed by atoms with Crippen molar-refractivity contribution in [3.05, 3.63) is 64.6 Å². The lowest BCUT2D eigenvalue weighted by atomic mass is 10.1. The number of aromatic nitrogens is 1. The number of hydrogen-bond donors (Lipinski definition) is 1. The summed E-state index contributed by atoms with van der Waals surface area (Å²) in [5.41, 5.74) is 1.23. The zero-order chi connectivity index (χ0) is 14.2. The predicted octanol–water partition coefficient (Wildman–Crippen LogP) is 1.69. The molecule has 0 bridgehead atoms. The molecule has 106 valence electrons. The molecular formula is C16H20N2O2. The average molecular weight is 272 g/mol. The quantitative estimate of drug-likeness (QED) is 0.780. The van der Waals surface area contributed by atoms with Crippen molar-refractivity contribution in [1.82, 2.24) is 9.88 Å². The molecule has 0 aliphatic rings. The molecule has 0 atom stereocenters. The maximum absolute atomic E-state index is 11.5. The summed E-state index contributed by atoms with van der Waals surface area (Å²) in [5, 5.41) is 3.35. The van der Waals surface area contributed by atoms with Crippen LogP contribution in [-0.4, -0.2) is 24.8 Å². The fraction of sp³-hybridized carbons (Fsp3) is 0.312. The summed E-state index contributed by atoms with van der Waals surface area (Å²) in [5.74, 6) is 0.925. The molecule has 0 radical (unpaired) electrons. The first-order valence-corrected chi connectivity index (χ1v) is 6.79. The lowest BCUT2D eigenvalue weighted by Gasteiger charge is -2.09. The van der Waals surface area contributed by atoms with Crippen molar-refractivity contribution in [3.8, 4) is 5.75 Å². The van der Waals surface area contributed by atoms with Crippen LogP contribution in [0.15, 0.2) is 53.5 Å². The number of ether oxygens (including phenoxy) is 1. The number of hydrogen-bond acceptors (Lipinski definition) is 3. The Labute approximate surface area is 119 Å². The van der Waals surface area contributed by atoms with E-state index in [0.29, 0.717) is 6.54 Å². The molecule has 0 spiro atoms. The molecule has 1 aromatic carbocycles. The van der Waals surface area contributed by atoms with E-state index in [4.69, 9.17) is 4.74 Å². The molecule has 0 aliphatic carbocycles. The molecule has 1 heterocycles. The Morgan fingerprint density at radius 2 is 1.90 bits per heavy atom. The smallest absolute Gasteiger partial charge is 0.250 e. The van der Waals surface area contributed by atoms with Crippen molar-refractivity contribution in [3.63, 3.8) is 0 Å². The highest BCUT2D eigenvalue weighted by molar-refractivity contribution is 5.33. The predicted molar refractivity (Wildman–Crippen MR) is 80.3 cm³/mol. The third kappa shape index (κ3) is 3.96. The molecule has 0 unspecified atom stereocenters. The molecule has 2 aromatic rings. The molecule has 2 rings (SSSR count). The van der Waals surface area contributed by atoms with Gasteiger partial charge in [0.1, 0.15) is 5.75 Å². The van der Waals surface area contributed by atoms with Gasteiger partial charge >= 0.3 is 0 Å². The summed E-state index contributed by atoms with van der Waals surface area (Å²) in [6.45, 7) is 2.33. The fourth-order valence-electron chi connectivity index (χ4n) is 2.10. The van der Waals surface area contributed by atoms with Gasteiger partial charge in [0.15, 0.2) is 0 Å². The van der Waals surface area contributed by atoms with Crippen LogP contribution in [0.3, 0.4) is 0 Å². The van der Waals surface area contributed by atoms with Gasteiger partial charge < -0.3 is 14.6 Å². The fourth-order valence-corrected chi connectivity index (χ4v) is 2.10. The van der Waals surface area contributed by atoms with E-state index in [9.17, 15) is 4.79 Å². The molecule has 0 aliphatic heterocycles. The zero-order valence-corrected chi connectivity index (χ0v) is 11.7. The largest absolute Gasteiger partial charge is 0.496 e. The third-order valence-electron chi connectivity index (χ3n) is 3.19. The minimum absolute atomic E-state index is 0.0408. The average Bonchev–Trinajstić information content (AvgIpc) is 2.49. The number of para-hydroxylation sites is 1. The van der Waals surface area contributed by atoms with Crippen LogP contribution in [0.25, 0.3) is 0 Å². The summed E-state index contributed by atoms with van der Waals surface area (Å²) in [6.07, 6.45) is 2.72. The van der Waals surface area contributed by atoms with E-state index in [2.05, 4.69) is 11.4 Å². The molecule has 1 aromatic heterocycles. The van der Waals surface area contributed by atoms with Gasteiger partial charge in [-0.2, -0.15) is 0 Å². The van der Waals surface area contributed by atoms with E-state index in [-0.39, 0.29) is 5.56 Å². The Hall–Kier alpha value is -2.07. The number of nitrogens with one attached hydrogen (secondary N) is 1. The minimum Gasteiger partial charge on any atom is -0.496 e. The van der Waals surface area contributed by atoms with Crippen LogP contribution < -0.4 is 15.6 Å². The van der Waals surface area contributed by atoms with Gasteiger partial charge in [-0.25, -0.2) is 0 Å². The van der Waals surface area contributed by atoms with Crippen molar-refractivity contribution < 1.29 is 4.74 Å². The summed E-state index contributed by atoms with van der Waals surface area (Å²) < 4.78 is 7.02. The van der Waals surface area contributed by atoms with Gasteiger partial charge in [-0.05, 0) is 30.7 Å². The van der Waals surface area contributed by atoms with Gasteiger partial charge in [-0.1, -0.05) is 24.3 Å². The number of pyridine rings is 1. The first-order chi connectivity index (χ1) is 9.81. The first kappa shape index (κ1) is 14.3. The normalized spacial score (nSPS) is 10.4. The molecule has 4 nitrogen and oxygen atoms in total. The minimum atomic E-state index is 0.0408. The van der Waals surface area contributed by atoms with Crippen LogP contribution in [0, 0.1) is 0 Å². The highest BCUT2D eigenvalue weighted by Gasteiger charge is 2.00. The highest BCUT2D eigenvalue weighted by Crippen LogP contribution is 2.16. The Bertz CT molecular complexity index is 593. The lowest BCUT2D eigenvalue weighted by molar-refractivity contribution is 0.409. The van der Waals surface area contributed by atoms with Crippen molar-refractivity contribution in [2.24, 2.45) is 0 Å². The van der Waals surface area contributed by atoms with E-state index < -0.39 is 0 Å². The summed E-state index contributed by atoms with van der Waals surface area (Å²) in [4.78, 5) is 11.5. The van der Waals surface area contributed by atoms with Gasteiger partial charge in [0.25, 0.3) is 5.56 Å². The number of benzene rings is 1. The molecule has 4 heteroatoms. The van der Waals surface area contributed by atoms with Gasteiger partial charge in [0, 0.05) is 25.4 Å². The van der Waals surface area contributed by atoms with Gasteiger partial charge in [0.05, 0.1) is 7.11 Å². The second-order valence-corrected chi connectivity index (χ2v) is 4.54. The van der Waals surface area contributed by atoms with Crippen LogP contribution in [-0.2, 0) is 13.0 Å². The van der Waals surface area contributed by atoms with Crippen molar-refractivity contribution in [1.29, 1.82) is 0 Å². The second kappa shape index (κ2) is 7.50. The summed E-state index contributed by atoms with van der Waals surface area (Å²) in [6, 6.07) is 13.2. The van der Waals surface area contributed by atoms with E-state index >= 15 is 0 Å². The molecular weight excluding hydrogens is 252 g/mol. The highest BCUT2D eigenvalue weighted by atomic mass is 16.5. The van der Waals surface area contributed by atoms with Crippen molar-refractivity contribution in [2.75, 3.05) is 20.2 Å².